The van der Waals surface area contributed by atoms with Gasteiger partial charge in [0.2, 0.25) is 0 Å². The molecule has 2 aromatic rings. The first-order valence-electron chi connectivity index (χ1n) is 8.64. The molecule has 3 rings (SSSR count). The molecule has 1 aliphatic heterocycles. The number of aromatic amines is 1. The highest BCUT2D eigenvalue weighted by molar-refractivity contribution is 6.30. The lowest BCUT2D eigenvalue weighted by atomic mass is 10.1. The molecule has 28 heavy (non-hydrogen) atoms. The van der Waals surface area contributed by atoms with Gasteiger partial charge in [0, 0.05) is 35.9 Å². The highest BCUT2D eigenvalue weighted by Crippen LogP contribution is 2.27. The van der Waals surface area contributed by atoms with Gasteiger partial charge in [-0.05, 0) is 43.2 Å². The molecule has 2 N–H and O–H groups in total. The van der Waals surface area contributed by atoms with E-state index >= 15 is 0 Å². The van der Waals surface area contributed by atoms with Crippen molar-refractivity contribution in [3.8, 4) is 0 Å². The van der Waals surface area contributed by atoms with Crippen LogP contribution in [0.2, 0.25) is 5.02 Å². The molecule has 1 aromatic carbocycles. The van der Waals surface area contributed by atoms with Crippen LogP contribution in [0.3, 0.4) is 0 Å². The van der Waals surface area contributed by atoms with Gasteiger partial charge in [-0.2, -0.15) is 18.3 Å². The van der Waals surface area contributed by atoms with Gasteiger partial charge >= 0.3 is 6.18 Å². The number of carbonyl (C=O) groups is 1. The molecule has 1 saturated heterocycles. The van der Waals surface area contributed by atoms with E-state index in [0.717, 1.165) is 6.07 Å². The van der Waals surface area contributed by atoms with E-state index < -0.39 is 17.8 Å². The van der Waals surface area contributed by atoms with E-state index in [1.807, 2.05) is 0 Å². The van der Waals surface area contributed by atoms with Crippen LogP contribution in [-0.2, 0) is 17.3 Å². The second-order valence-corrected chi connectivity index (χ2v) is 6.77. The maximum Gasteiger partial charge on any atom is 0.435 e. The van der Waals surface area contributed by atoms with E-state index in [1.165, 1.54) is 0 Å². The molecule has 0 bridgehead atoms. The van der Waals surface area contributed by atoms with E-state index in [4.69, 9.17) is 16.3 Å². The minimum absolute atomic E-state index is 0.0141. The van der Waals surface area contributed by atoms with Gasteiger partial charge in [0.15, 0.2) is 5.69 Å². The Morgan fingerprint density at radius 3 is 2.57 bits per heavy atom. The number of nitrogens with zero attached hydrogens (tertiary/aromatic N) is 2. The number of carbonyl (C=O) groups excluding carboxylic acids is 1. The quantitative estimate of drug-likeness (QED) is 0.592. The summed E-state index contributed by atoms with van der Waals surface area (Å²) in [5.41, 5.74) is -0.448. The fraction of sp³-hybridized carbons (Fsp3) is 0.389. The molecule has 1 aromatic heterocycles. The van der Waals surface area contributed by atoms with Crippen LogP contribution >= 0.6 is 11.6 Å². The topological polar surface area (TPSA) is 79.4 Å². The molecule has 0 atom stereocenters. The fourth-order valence-electron chi connectivity index (χ4n) is 2.74. The molecule has 10 heteroatoms. The maximum absolute atomic E-state index is 12.8. The number of hydrogen-bond acceptors (Lipinski definition) is 4. The first kappa shape index (κ1) is 20.3. The maximum atomic E-state index is 12.8. The van der Waals surface area contributed by atoms with Crippen molar-refractivity contribution < 1.29 is 22.7 Å². The summed E-state index contributed by atoms with van der Waals surface area (Å²) in [6.45, 7) is 1.10. The van der Waals surface area contributed by atoms with Crippen LogP contribution in [0.4, 0.5) is 13.2 Å². The Morgan fingerprint density at radius 1 is 1.29 bits per heavy atom. The summed E-state index contributed by atoms with van der Waals surface area (Å²) in [7, 11) is 0. The Morgan fingerprint density at radius 2 is 1.96 bits per heavy atom. The van der Waals surface area contributed by atoms with Crippen molar-refractivity contribution in [1.82, 2.24) is 15.5 Å². The van der Waals surface area contributed by atoms with Gasteiger partial charge in [0.05, 0.1) is 6.04 Å². The second kappa shape index (κ2) is 8.74. The predicted molar refractivity (Wildman–Crippen MR) is 97.5 cm³/mol. The molecule has 1 amide bonds. The predicted octanol–water partition coefficient (Wildman–Crippen LogP) is 3.63. The number of aliphatic imine (C=N–C) groups is 1. The Balaban J connectivity index is 1.78. The number of benzene rings is 1. The number of nitrogens with one attached hydrogen (secondary N) is 2. The van der Waals surface area contributed by atoms with E-state index in [0.29, 0.717) is 36.6 Å². The van der Waals surface area contributed by atoms with Gasteiger partial charge in [-0.25, -0.2) is 0 Å². The van der Waals surface area contributed by atoms with Gasteiger partial charge in [0.1, 0.15) is 5.84 Å². The SMILES string of the molecule is O=C(NC(Cc1cc(C(F)(F)F)n[nH]1)=NC1CCOCC1)c1ccc(Cl)cc1. The molecule has 0 radical (unpaired) electrons. The number of hydrogen-bond donors (Lipinski definition) is 2. The molecule has 150 valence electrons. The summed E-state index contributed by atoms with van der Waals surface area (Å²) in [6, 6.07) is 7.11. The zero-order valence-corrected chi connectivity index (χ0v) is 15.5. The third-order valence-corrected chi connectivity index (χ3v) is 4.42. The number of ether oxygens (including phenoxy) is 1. The standard InChI is InChI=1S/C18H18ClF3N4O2/c19-12-3-1-11(2-4-12)17(27)24-16(23-13-5-7-28-8-6-13)10-14-9-15(26-25-14)18(20,21)22/h1-4,9,13H,5-8,10H2,(H,25,26)(H,23,24,27). The summed E-state index contributed by atoms with van der Waals surface area (Å²) in [5.74, 6) is -0.151. The number of amides is 1. The average molecular weight is 415 g/mol. The number of amidine groups is 1. The molecule has 1 aliphatic rings. The van der Waals surface area contributed by atoms with Crippen molar-refractivity contribution in [2.24, 2.45) is 4.99 Å². The van der Waals surface area contributed by atoms with Crippen molar-refractivity contribution >= 4 is 23.3 Å². The van der Waals surface area contributed by atoms with Gasteiger partial charge in [-0.3, -0.25) is 14.9 Å². The van der Waals surface area contributed by atoms with Gasteiger partial charge in [-0.15, -0.1) is 0 Å². The molecule has 2 heterocycles. The van der Waals surface area contributed by atoms with Gasteiger partial charge < -0.3 is 10.1 Å². The van der Waals surface area contributed by atoms with E-state index in [2.05, 4.69) is 20.5 Å². The van der Waals surface area contributed by atoms with Crippen molar-refractivity contribution in [2.45, 2.75) is 31.5 Å². The highest BCUT2D eigenvalue weighted by Gasteiger charge is 2.34. The number of aromatic nitrogens is 2. The Labute approximate surface area is 164 Å². The van der Waals surface area contributed by atoms with Crippen LogP contribution in [0.5, 0.6) is 0 Å². The third-order valence-electron chi connectivity index (χ3n) is 4.17. The van der Waals surface area contributed by atoms with Crippen LogP contribution in [0, 0.1) is 0 Å². The lowest BCUT2D eigenvalue weighted by Gasteiger charge is -2.20. The summed E-state index contributed by atoms with van der Waals surface area (Å²) in [4.78, 5) is 17.0. The molecular formula is C18H18ClF3N4O2. The molecule has 0 unspecified atom stereocenters. The monoisotopic (exact) mass is 414 g/mol. The second-order valence-electron chi connectivity index (χ2n) is 6.33. The van der Waals surface area contributed by atoms with Crippen LogP contribution < -0.4 is 5.32 Å². The van der Waals surface area contributed by atoms with E-state index in [9.17, 15) is 18.0 Å². The number of rotatable bonds is 4. The first-order chi connectivity index (χ1) is 13.3. The average Bonchev–Trinajstić information content (AvgIpc) is 3.12. The van der Waals surface area contributed by atoms with Crippen LogP contribution in [0.1, 0.15) is 34.6 Å². The summed E-state index contributed by atoms with van der Waals surface area (Å²) in [6.07, 6.45) is -3.20. The van der Waals surface area contributed by atoms with Crippen molar-refractivity contribution in [3.05, 3.63) is 52.3 Å². The largest absolute Gasteiger partial charge is 0.435 e. The Bertz CT molecular complexity index is 843. The number of H-pyrrole nitrogens is 1. The first-order valence-corrected chi connectivity index (χ1v) is 9.02. The van der Waals surface area contributed by atoms with Crippen LogP contribution in [0.15, 0.2) is 35.3 Å². The molecule has 1 fully saturated rings. The molecule has 0 aliphatic carbocycles. The zero-order chi connectivity index (χ0) is 20.1. The van der Waals surface area contributed by atoms with Crippen LogP contribution in [-0.4, -0.2) is 41.2 Å². The minimum Gasteiger partial charge on any atom is -0.381 e. The zero-order valence-electron chi connectivity index (χ0n) is 14.7. The molecule has 0 saturated carbocycles. The summed E-state index contributed by atoms with van der Waals surface area (Å²) in [5, 5.41) is 8.82. The van der Waals surface area contributed by atoms with E-state index in [1.54, 1.807) is 24.3 Å². The van der Waals surface area contributed by atoms with Gasteiger partial charge in [0.25, 0.3) is 5.91 Å². The number of alkyl halides is 3. The van der Waals surface area contributed by atoms with Crippen molar-refractivity contribution in [2.75, 3.05) is 13.2 Å². The highest BCUT2D eigenvalue weighted by atomic mass is 35.5. The van der Waals surface area contributed by atoms with Gasteiger partial charge in [-0.1, -0.05) is 11.6 Å². The fourth-order valence-corrected chi connectivity index (χ4v) is 2.86. The third kappa shape index (κ3) is 5.56. The van der Waals surface area contributed by atoms with E-state index in [-0.39, 0.29) is 24.0 Å². The van der Waals surface area contributed by atoms with Crippen molar-refractivity contribution in [1.29, 1.82) is 0 Å². The lowest BCUT2D eigenvalue weighted by molar-refractivity contribution is -0.141. The lowest BCUT2D eigenvalue weighted by Crippen LogP contribution is -2.34. The minimum atomic E-state index is -4.54. The molecule has 6 nitrogen and oxygen atoms in total. The smallest absolute Gasteiger partial charge is 0.381 e. The molecule has 0 spiro atoms. The molecular weight excluding hydrogens is 397 g/mol. The van der Waals surface area contributed by atoms with Crippen molar-refractivity contribution in [3.63, 3.8) is 0 Å². The van der Waals surface area contributed by atoms with Crippen LogP contribution in [0.25, 0.3) is 0 Å². The Hall–Kier alpha value is -2.39. The number of halogens is 4. The Kier molecular flexibility index (Phi) is 6.35. The normalized spacial score (nSPS) is 16.2. The summed E-state index contributed by atoms with van der Waals surface area (Å²) < 4.78 is 43.6. The summed E-state index contributed by atoms with van der Waals surface area (Å²) >= 11 is 5.83.